The van der Waals surface area contributed by atoms with E-state index in [9.17, 15) is 9.90 Å². The highest BCUT2D eigenvalue weighted by molar-refractivity contribution is 6.07. The molecule has 2 aromatic carbocycles. The van der Waals surface area contributed by atoms with Crippen LogP contribution in [0.5, 0.6) is 0 Å². The smallest absolute Gasteiger partial charge is 0.254 e. The van der Waals surface area contributed by atoms with Crippen LogP contribution in [0.1, 0.15) is 44.7 Å². The molecule has 1 amide bonds. The number of fused-ring (bicyclic) bond motifs is 1. The summed E-state index contributed by atoms with van der Waals surface area (Å²) < 4.78 is 0. The van der Waals surface area contributed by atoms with Gasteiger partial charge in [0.15, 0.2) is 0 Å². The van der Waals surface area contributed by atoms with E-state index in [-0.39, 0.29) is 12.5 Å². The van der Waals surface area contributed by atoms with Gasteiger partial charge in [0.2, 0.25) is 0 Å². The van der Waals surface area contributed by atoms with Gasteiger partial charge in [0.25, 0.3) is 5.91 Å². The molecule has 0 radical (unpaired) electrons. The Morgan fingerprint density at radius 1 is 1.14 bits per heavy atom. The van der Waals surface area contributed by atoms with Crippen molar-refractivity contribution in [3.05, 3.63) is 76.0 Å². The second kappa shape index (κ2) is 7.96. The summed E-state index contributed by atoms with van der Waals surface area (Å²) in [5, 5.41) is 10.3. The molecule has 3 aromatic rings. The number of hydrogen-bond acceptors (Lipinski definition) is 3. The van der Waals surface area contributed by atoms with Gasteiger partial charge in [0.1, 0.15) is 0 Å². The number of amides is 1. The van der Waals surface area contributed by atoms with Gasteiger partial charge >= 0.3 is 0 Å². The average molecular weight is 389 g/mol. The Balaban J connectivity index is 1.58. The Morgan fingerprint density at radius 2 is 1.93 bits per heavy atom. The number of pyridine rings is 1. The van der Waals surface area contributed by atoms with Crippen molar-refractivity contribution in [2.75, 3.05) is 13.1 Å². The molecule has 0 saturated carbocycles. The lowest BCUT2D eigenvalue weighted by Crippen LogP contribution is -2.30. The van der Waals surface area contributed by atoms with Crippen molar-refractivity contribution >= 4 is 16.8 Å². The maximum Gasteiger partial charge on any atom is 0.254 e. The van der Waals surface area contributed by atoms with Crippen LogP contribution in [0.25, 0.3) is 10.9 Å². The summed E-state index contributed by atoms with van der Waals surface area (Å²) in [7, 11) is 0. The molecule has 1 fully saturated rings. The summed E-state index contributed by atoms with van der Waals surface area (Å²) in [5.41, 5.74) is 6.90. The highest BCUT2D eigenvalue weighted by Gasteiger charge is 2.29. The predicted octanol–water partition coefficient (Wildman–Crippen LogP) is 4.36. The van der Waals surface area contributed by atoms with Crippen LogP contribution in [0.4, 0.5) is 0 Å². The van der Waals surface area contributed by atoms with Gasteiger partial charge < -0.3 is 10.0 Å². The standard InChI is InChI=1S/C25H28N2O2/c1-16-7-8-23-22(11-16)24(17(2)18(3)26-23)25(29)27-10-9-20(14-27)12-19-5-4-6-21(13-19)15-28/h4-8,11,13,20,28H,9-10,12,14-15H2,1-3H3/t20-/m0/s1. The minimum Gasteiger partial charge on any atom is -0.392 e. The molecule has 1 aliphatic rings. The molecule has 0 unspecified atom stereocenters. The first-order chi connectivity index (χ1) is 14.0. The largest absolute Gasteiger partial charge is 0.392 e. The minimum atomic E-state index is 0.0658. The number of aromatic nitrogens is 1. The fraction of sp³-hybridized carbons (Fsp3) is 0.360. The van der Waals surface area contributed by atoms with Crippen molar-refractivity contribution in [2.24, 2.45) is 5.92 Å². The summed E-state index contributed by atoms with van der Waals surface area (Å²) in [5.74, 6) is 0.569. The zero-order valence-electron chi connectivity index (χ0n) is 17.4. The van der Waals surface area contributed by atoms with Crippen LogP contribution in [0, 0.1) is 26.7 Å². The van der Waals surface area contributed by atoms with Gasteiger partial charge in [-0.05, 0) is 68.4 Å². The van der Waals surface area contributed by atoms with Gasteiger partial charge in [0.05, 0.1) is 17.7 Å². The van der Waals surface area contributed by atoms with Crippen LogP contribution in [0.15, 0.2) is 42.5 Å². The zero-order valence-corrected chi connectivity index (χ0v) is 17.4. The monoisotopic (exact) mass is 388 g/mol. The van der Waals surface area contributed by atoms with Crippen LogP contribution in [0.2, 0.25) is 0 Å². The summed E-state index contributed by atoms with van der Waals surface area (Å²) in [6.07, 6.45) is 1.95. The van der Waals surface area contributed by atoms with Gasteiger partial charge in [-0.3, -0.25) is 9.78 Å². The van der Waals surface area contributed by atoms with E-state index in [2.05, 4.69) is 30.1 Å². The molecule has 0 spiro atoms. The normalized spacial score (nSPS) is 16.6. The van der Waals surface area contributed by atoms with E-state index in [1.54, 1.807) is 0 Å². The SMILES string of the molecule is Cc1ccc2nc(C)c(C)c(C(=O)N3CC[C@@H](Cc4cccc(CO)c4)C3)c2c1. The zero-order chi connectivity index (χ0) is 20.5. The Morgan fingerprint density at radius 3 is 2.72 bits per heavy atom. The van der Waals surface area contributed by atoms with Crippen molar-refractivity contribution < 1.29 is 9.90 Å². The van der Waals surface area contributed by atoms with Gasteiger partial charge in [-0.2, -0.15) is 0 Å². The van der Waals surface area contributed by atoms with E-state index in [4.69, 9.17) is 0 Å². The Labute approximate surface area is 172 Å². The number of benzene rings is 2. The molecular weight excluding hydrogens is 360 g/mol. The van der Waals surface area contributed by atoms with Crippen LogP contribution in [0.3, 0.4) is 0 Å². The molecule has 0 aliphatic carbocycles. The predicted molar refractivity (Wildman–Crippen MR) is 116 cm³/mol. The molecule has 4 rings (SSSR count). The van der Waals surface area contributed by atoms with Crippen LogP contribution < -0.4 is 0 Å². The minimum absolute atomic E-state index is 0.0658. The van der Waals surface area contributed by atoms with E-state index in [1.807, 2.05) is 43.0 Å². The number of carbonyl (C=O) groups is 1. The quantitative estimate of drug-likeness (QED) is 0.723. The molecule has 4 heteroatoms. The first-order valence-corrected chi connectivity index (χ1v) is 10.3. The highest BCUT2D eigenvalue weighted by Crippen LogP contribution is 2.28. The van der Waals surface area contributed by atoms with Crippen molar-refractivity contribution in [3.63, 3.8) is 0 Å². The number of aryl methyl sites for hydroxylation is 2. The van der Waals surface area contributed by atoms with E-state index in [0.29, 0.717) is 5.92 Å². The topological polar surface area (TPSA) is 53.4 Å². The maximum absolute atomic E-state index is 13.5. The summed E-state index contributed by atoms with van der Waals surface area (Å²) in [6, 6.07) is 14.2. The van der Waals surface area contributed by atoms with Crippen LogP contribution >= 0.6 is 0 Å². The van der Waals surface area contributed by atoms with E-state index >= 15 is 0 Å². The summed E-state index contributed by atoms with van der Waals surface area (Å²) in [6.45, 7) is 7.66. The third kappa shape index (κ3) is 3.90. The first-order valence-electron chi connectivity index (χ1n) is 10.3. The number of carbonyl (C=O) groups excluding carboxylic acids is 1. The summed E-state index contributed by atoms with van der Waals surface area (Å²) >= 11 is 0. The van der Waals surface area contributed by atoms with Crippen molar-refractivity contribution in [1.82, 2.24) is 9.88 Å². The average Bonchev–Trinajstić information content (AvgIpc) is 3.17. The molecule has 0 bridgehead atoms. The van der Waals surface area contributed by atoms with E-state index in [1.165, 1.54) is 5.56 Å². The fourth-order valence-corrected chi connectivity index (χ4v) is 4.40. The molecule has 1 aliphatic heterocycles. The van der Waals surface area contributed by atoms with Crippen molar-refractivity contribution in [1.29, 1.82) is 0 Å². The van der Waals surface area contributed by atoms with Crippen molar-refractivity contribution in [3.8, 4) is 0 Å². The lowest BCUT2D eigenvalue weighted by atomic mass is 9.97. The Bertz CT molecular complexity index is 1070. The molecule has 1 aromatic heterocycles. The third-order valence-electron chi connectivity index (χ3n) is 6.11. The number of rotatable bonds is 4. The van der Waals surface area contributed by atoms with Gasteiger partial charge in [-0.15, -0.1) is 0 Å². The van der Waals surface area contributed by atoms with Gasteiger partial charge in [-0.1, -0.05) is 35.9 Å². The van der Waals surface area contributed by atoms with Gasteiger partial charge in [0, 0.05) is 24.2 Å². The van der Waals surface area contributed by atoms with Gasteiger partial charge in [-0.25, -0.2) is 0 Å². The van der Waals surface area contributed by atoms with E-state index < -0.39 is 0 Å². The number of aliphatic hydroxyl groups excluding tert-OH is 1. The number of aliphatic hydroxyl groups is 1. The third-order valence-corrected chi connectivity index (χ3v) is 6.11. The lowest BCUT2D eigenvalue weighted by molar-refractivity contribution is 0.0788. The molecule has 29 heavy (non-hydrogen) atoms. The first kappa shape index (κ1) is 19.6. The fourth-order valence-electron chi connectivity index (χ4n) is 4.40. The lowest BCUT2D eigenvalue weighted by Gasteiger charge is -2.20. The molecule has 1 atom stereocenters. The highest BCUT2D eigenvalue weighted by atomic mass is 16.3. The number of hydrogen-bond donors (Lipinski definition) is 1. The maximum atomic E-state index is 13.5. The molecule has 1 N–H and O–H groups in total. The Hall–Kier alpha value is -2.72. The molecular formula is C25H28N2O2. The number of nitrogens with zero attached hydrogens (tertiary/aromatic N) is 2. The molecule has 150 valence electrons. The number of likely N-dealkylation sites (tertiary alicyclic amines) is 1. The molecule has 4 nitrogen and oxygen atoms in total. The summed E-state index contributed by atoms with van der Waals surface area (Å²) in [4.78, 5) is 20.2. The molecule has 1 saturated heterocycles. The van der Waals surface area contributed by atoms with Crippen LogP contribution in [-0.4, -0.2) is 34.0 Å². The molecule has 2 heterocycles. The second-order valence-corrected chi connectivity index (χ2v) is 8.31. The van der Waals surface area contributed by atoms with E-state index in [0.717, 1.165) is 64.8 Å². The Kier molecular flexibility index (Phi) is 5.37. The van der Waals surface area contributed by atoms with Crippen molar-refractivity contribution in [2.45, 2.75) is 40.2 Å². The second-order valence-electron chi connectivity index (χ2n) is 8.31. The van der Waals surface area contributed by atoms with Crippen LogP contribution in [-0.2, 0) is 13.0 Å².